The van der Waals surface area contributed by atoms with Crippen LogP contribution in [0.2, 0.25) is 0 Å². The van der Waals surface area contributed by atoms with Crippen molar-refractivity contribution >= 4 is 33.6 Å². The average Bonchev–Trinajstić information content (AvgIpc) is 2.73. The second-order valence-electron chi connectivity index (χ2n) is 4.13. The molecule has 0 atom stereocenters. The summed E-state index contributed by atoms with van der Waals surface area (Å²) in [5.74, 6) is 6.27. The maximum absolute atomic E-state index is 4.41. The molecule has 0 aliphatic heterocycles. The van der Waals surface area contributed by atoms with Crippen LogP contribution in [0.25, 0.3) is 11.0 Å². The summed E-state index contributed by atoms with van der Waals surface area (Å²) in [6, 6.07) is 12.0. The number of fused-ring (bicyclic) bond motifs is 1. The fraction of sp³-hybridized carbons (Fsp3) is 0.0667. The van der Waals surface area contributed by atoms with Crippen LogP contribution < -0.4 is 0 Å². The monoisotopic (exact) mass is 359 g/mol. The third-order valence-electron chi connectivity index (χ3n) is 2.76. The summed E-state index contributed by atoms with van der Waals surface area (Å²) in [7, 11) is 1.90. The van der Waals surface area contributed by atoms with Gasteiger partial charge < -0.3 is 0 Å². The lowest BCUT2D eigenvalue weighted by Crippen LogP contribution is -1.91. The van der Waals surface area contributed by atoms with Gasteiger partial charge in [-0.1, -0.05) is 30.0 Å². The highest BCUT2D eigenvalue weighted by molar-refractivity contribution is 14.1. The van der Waals surface area contributed by atoms with Crippen LogP contribution in [0.1, 0.15) is 11.1 Å². The second kappa shape index (κ2) is 5.02. The first kappa shape index (κ1) is 12.2. The third kappa shape index (κ3) is 2.47. The Morgan fingerprint density at radius 1 is 1.11 bits per heavy atom. The Balaban J connectivity index is 2.03. The first-order chi connectivity index (χ1) is 9.24. The van der Waals surface area contributed by atoms with E-state index >= 15 is 0 Å². The fourth-order valence-corrected chi connectivity index (χ4v) is 2.55. The lowest BCUT2D eigenvalue weighted by Gasteiger charge is -1.93. The summed E-state index contributed by atoms with van der Waals surface area (Å²) in [4.78, 5) is 4.41. The molecule has 3 aromatic rings. The minimum absolute atomic E-state index is 0.884. The Bertz CT molecular complexity index is 795. The first-order valence-corrected chi connectivity index (χ1v) is 6.87. The molecule has 0 N–H and O–H groups in total. The summed E-state index contributed by atoms with van der Waals surface area (Å²) < 4.78 is 2.73. The van der Waals surface area contributed by atoms with Gasteiger partial charge in [0.15, 0.2) is 5.65 Å². The van der Waals surface area contributed by atoms with Gasteiger partial charge in [-0.15, -0.1) is 0 Å². The van der Waals surface area contributed by atoms with Crippen molar-refractivity contribution in [1.29, 1.82) is 0 Å². The van der Waals surface area contributed by atoms with Crippen LogP contribution in [0, 0.1) is 15.5 Å². The van der Waals surface area contributed by atoms with Gasteiger partial charge in [0.25, 0.3) is 0 Å². The topological polar surface area (TPSA) is 30.7 Å². The van der Waals surface area contributed by atoms with Crippen molar-refractivity contribution in [2.24, 2.45) is 7.05 Å². The van der Waals surface area contributed by atoms with E-state index < -0.39 is 0 Å². The van der Waals surface area contributed by atoms with Gasteiger partial charge in [-0.2, -0.15) is 5.10 Å². The van der Waals surface area contributed by atoms with Gasteiger partial charge >= 0.3 is 0 Å². The molecule has 0 saturated heterocycles. The smallest absolute Gasteiger partial charge is 0.158 e. The summed E-state index contributed by atoms with van der Waals surface area (Å²) in [5.41, 5.74) is 2.79. The van der Waals surface area contributed by atoms with Gasteiger partial charge in [0.1, 0.15) is 3.70 Å². The standard InChI is InChI=1S/C15H10IN3/c1-19-15-13(14(16)18-19)9-12(10-17-15)8-7-11-5-3-2-4-6-11/h2-6,9-10H,1H3. The molecule has 2 aromatic heterocycles. The SMILES string of the molecule is Cn1nc(I)c2cc(C#Cc3ccccc3)cnc21. The number of pyridine rings is 1. The Morgan fingerprint density at radius 2 is 1.84 bits per heavy atom. The minimum Gasteiger partial charge on any atom is -0.249 e. The molecule has 0 aliphatic rings. The predicted molar refractivity (Wildman–Crippen MR) is 83.6 cm³/mol. The number of hydrogen-bond acceptors (Lipinski definition) is 2. The second-order valence-corrected chi connectivity index (χ2v) is 5.15. The van der Waals surface area contributed by atoms with Gasteiger partial charge in [-0.3, -0.25) is 0 Å². The molecule has 0 unspecified atom stereocenters. The zero-order valence-corrected chi connectivity index (χ0v) is 12.4. The van der Waals surface area contributed by atoms with E-state index in [0.717, 1.165) is 25.9 Å². The summed E-state index contributed by atoms with van der Waals surface area (Å²) >= 11 is 2.22. The molecule has 92 valence electrons. The molecule has 0 aliphatic carbocycles. The number of benzene rings is 1. The molecule has 0 radical (unpaired) electrons. The molecule has 3 nitrogen and oxygen atoms in total. The van der Waals surface area contributed by atoms with Crippen molar-refractivity contribution in [3.63, 3.8) is 0 Å². The average molecular weight is 359 g/mol. The maximum Gasteiger partial charge on any atom is 0.158 e. The first-order valence-electron chi connectivity index (χ1n) is 5.79. The lowest BCUT2D eigenvalue weighted by molar-refractivity contribution is 0.777. The largest absolute Gasteiger partial charge is 0.249 e. The Hall–Kier alpha value is -1.87. The van der Waals surface area contributed by atoms with Crippen molar-refractivity contribution in [2.75, 3.05) is 0 Å². The lowest BCUT2D eigenvalue weighted by atomic mass is 10.2. The quantitative estimate of drug-likeness (QED) is 0.457. The Kier molecular flexibility index (Phi) is 3.22. The minimum atomic E-state index is 0.884. The number of halogens is 1. The van der Waals surface area contributed by atoms with Crippen molar-refractivity contribution in [3.8, 4) is 11.8 Å². The van der Waals surface area contributed by atoms with E-state index in [2.05, 4.69) is 44.5 Å². The van der Waals surface area contributed by atoms with Crippen LogP contribution in [0.4, 0.5) is 0 Å². The highest BCUT2D eigenvalue weighted by Crippen LogP contribution is 2.18. The molecule has 0 saturated carbocycles. The van der Waals surface area contributed by atoms with Gasteiger partial charge in [-0.25, -0.2) is 9.67 Å². The van der Waals surface area contributed by atoms with Crippen LogP contribution in [-0.4, -0.2) is 14.8 Å². The normalized spacial score (nSPS) is 10.2. The van der Waals surface area contributed by atoms with E-state index in [0.29, 0.717) is 0 Å². The number of aryl methyl sites for hydroxylation is 1. The van der Waals surface area contributed by atoms with Crippen molar-refractivity contribution in [2.45, 2.75) is 0 Å². The Labute approximate surface area is 124 Å². The number of nitrogens with zero attached hydrogens (tertiary/aromatic N) is 3. The van der Waals surface area contributed by atoms with E-state index in [4.69, 9.17) is 0 Å². The summed E-state index contributed by atoms with van der Waals surface area (Å²) in [5, 5.41) is 5.39. The van der Waals surface area contributed by atoms with Crippen molar-refractivity contribution in [1.82, 2.24) is 14.8 Å². The van der Waals surface area contributed by atoms with Crippen LogP contribution in [-0.2, 0) is 7.05 Å². The van der Waals surface area contributed by atoms with Crippen LogP contribution in [0.15, 0.2) is 42.6 Å². The predicted octanol–water partition coefficient (Wildman–Crippen LogP) is 2.97. The molecule has 1 aromatic carbocycles. The van der Waals surface area contributed by atoms with Gasteiger partial charge in [-0.05, 0) is 40.8 Å². The fourth-order valence-electron chi connectivity index (χ4n) is 1.83. The molecule has 2 heterocycles. The van der Waals surface area contributed by atoms with Crippen LogP contribution in [0.5, 0.6) is 0 Å². The number of aromatic nitrogens is 3. The van der Waals surface area contributed by atoms with Gasteiger partial charge in [0, 0.05) is 24.4 Å². The van der Waals surface area contributed by atoms with Crippen molar-refractivity contribution in [3.05, 3.63) is 57.4 Å². The summed E-state index contributed by atoms with van der Waals surface area (Å²) in [6.45, 7) is 0. The molecule has 19 heavy (non-hydrogen) atoms. The molecule has 0 bridgehead atoms. The molecule has 3 rings (SSSR count). The molecular formula is C15H10IN3. The number of hydrogen-bond donors (Lipinski definition) is 0. The molecule has 0 amide bonds. The van der Waals surface area contributed by atoms with Gasteiger partial charge in [0.05, 0.1) is 5.39 Å². The summed E-state index contributed by atoms with van der Waals surface area (Å²) in [6.07, 6.45) is 1.79. The highest BCUT2D eigenvalue weighted by Gasteiger charge is 2.06. The van der Waals surface area contributed by atoms with E-state index in [1.807, 2.05) is 43.4 Å². The molecular weight excluding hydrogens is 349 g/mol. The zero-order valence-electron chi connectivity index (χ0n) is 10.3. The molecule has 0 fully saturated rings. The van der Waals surface area contributed by atoms with E-state index in [9.17, 15) is 0 Å². The Morgan fingerprint density at radius 3 is 2.63 bits per heavy atom. The van der Waals surface area contributed by atoms with Crippen LogP contribution >= 0.6 is 22.6 Å². The number of rotatable bonds is 0. The van der Waals surface area contributed by atoms with Crippen molar-refractivity contribution < 1.29 is 0 Å². The third-order valence-corrected chi connectivity index (χ3v) is 3.56. The van der Waals surface area contributed by atoms with Crippen LogP contribution in [0.3, 0.4) is 0 Å². The molecule has 4 heteroatoms. The zero-order chi connectivity index (χ0) is 13.2. The maximum atomic E-state index is 4.41. The van der Waals surface area contributed by atoms with Gasteiger partial charge in [0.2, 0.25) is 0 Å². The van der Waals surface area contributed by atoms with E-state index in [1.54, 1.807) is 10.9 Å². The highest BCUT2D eigenvalue weighted by atomic mass is 127. The van der Waals surface area contributed by atoms with E-state index in [-0.39, 0.29) is 0 Å². The molecule has 0 spiro atoms. The van der Waals surface area contributed by atoms with E-state index in [1.165, 1.54) is 0 Å².